The Labute approximate surface area is 154 Å². The molecule has 1 unspecified atom stereocenters. The number of ether oxygens (including phenoxy) is 1. The van der Waals surface area contributed by atoms with Crippen molar-refractivity contribution in [3.8, 4) is 0 Å². The second kappa shape index (κ2) is 7.81. The van der Waals surface area contributed by atoms with Gasteiger partial charge in [0, 0.05) is 47.4 Å². The third-order valence-corrected chi connectivity index (χ3v) is 5.43. The molecule has 0 aliphatic carbocycles. The van der Waals surface area contributed by atoms with Crippen LogP contribution in [0.3, 0.4) is 0 Å². The number of likely N-dealkylation sites (N-methyl/N-ethyl adjacent to an activating group) is 3. The summed E-state index contributed by atoms with van der Waals surface area (Å²) in [5.74, 6) is 1.14. The van der Waals surface area contributed by atoms with Gasteiger partial charge in [-0.25, -0.2) is 9.37 Å². The number of urea groups is 1. The van der Waals surface area contributed by atoms with E-state index < -0.39 is 6.04 Å². The minimum atomic E-state index is -0.537. The summed E-state index contributed by atoms with van der Waals surface area (Å²) in [5, 5.41) is 0. The minimum Gasteiger partial charge on any atom is -0.381 e. The van der Waals surface area contributed by atoms with Gasteiger partial charge in [0.25, 0.3) is 17.8 Å². The summed E-state index contributed by atoms with van der Waals surface area (Å²) in [6.45, 7) is 9.05. The van der Waals surface area contributed by atoms with Gasteiger partial charge in [-0.15, -0.1) is 0 Å². The molecule has 1 atom stereocenters. The SMILES string of the molecule is CCN1CCN(CC2=[N+](CCOC)C3C(=O)N(C)C(=O)N(C)C3=N2)CC1. The molecule has 3 amide bonds. The number of hydrogen-bond donors (Lipinski definition) is 0. The number of fused-ring (bicyclic) bond motifs is 1. The predicted molar refractivity (Wildman–Crippen MR) is 97.7 cm³/mol. The average Bonchev–Trinajstić information content (AvgIpc) is 3.01. The van der Waals surface area contributed by atoms with Gasteiger partial charge in [0.2, 0.25) is 0 Å². The molecule has 0 radical (unpaired) electrons. The van der Waals surface area contributed by atoms with Crippen molar-refractivity contribution in [1.29, 1.82) is 0 Å². The third kappa shape index (κ3) is 3.38. The van der Waals surface area contributed by atoms with E-state index in [4.69, 9.17) is 9.73 Å². The fraction of sp³-hybridized carbons (Fsp3) is 0.765. The average molecular weight is 365 g/mol. The first kappa shape index (κ1) is 18.9. The Bertz CT molecular complexity index is 638. The highest BCUT2D eigenvalue weighted by Gasteiger charge is 2.52. The number of aliphatic imine (C=N–C) groups is 1. The molecule has 0 aromatic rings. The van der Waals surface area contributed by atoms with Crippen LogP contribution < -0.4 is 0 Å². The molecule has 2 fully saturated rings. The molecule has 26 heavy (non-hydrogen) atoms. The summed E-state index contributed by atoms with van der Waals surface area (Å²) in [6, 6.07) is -0.876. The summed E-state index contributed by atoms with van der Waals surface area (Å²) in [4.78, 5) is 37.1. The van der Waals surface area contributed by atoms with Gasteiger partial charge < -0.3 is 9.64 Å². The molecule has 3 aliphatic heterocycles. The number of imide groups is 1. The standard InChI is InChI=1S/C17H29N6O3/c1-5-21-6-8-22(9-7-21)12-13-18-15-14(23(13)10-11-26-4)16(24)20(3)17(25)19(15)2/h14H,5-12H2,1-4H3/q+1. The Morgan fingerprint density at radius 1 is 1.12 bits per heavy atom. The van der Waals surface area contributed by atoms with Crippen molar-refractivity contribution in [2.75, 3.05) is 73.6 Å². The number of hydrogen-bond acceptors (Lipinski definition) is 6. The molecule has 0 N–H and O–H groups in total. The molecule has 0 saturated carbocycles. The van der Waals surface area contributed by atoms with E-state index in [9.17, 15) is 9.59 Å². The minimum absolute atomic E-state index is 0.228. The van der Waals surface area contributed by atoms with Gasteiger partial charge in [-0.05, 0) is 11.5 Å². The molecule has 0 bridgehead atoms. The molecule has 3 rings (SSSR count). The van der Waals surface area contributed by atoms with Gasteiger partial charge in [-0.3, -0.25) is 19.5 Å². The van der Waals surface area contributed by atoms with Crippen molar-refractivity contribution in [3.05, 3.63) is 0 Å². The maximum atomic E-state index is 12.7. The van der Waals surface area contributed by atoms with Crippen LogP contribution in [0.25, 0.3) is 0 Å². The number of nitrogens with zero attached hydrogens (tertiary/aromatic N) is 6. The van der Waals surface area contributed by atoms with Gasteiger partial charge in [0.1, 0.15) is 13.1 Å². The number of carbonyl (C=O) groups excluding carboxylic acids is 2. The molecular weight excluding hydrogens is 336 g/mol. The number of rotatable bonds is 6. The Kier molecular flexibility index (Phi) is 5.69. The molecule has 2 saturated heterocycles. The second-order valence-corrected chi connectivity index (χ2v) is 6.92. The first-order valence-electron chi connectivity index (χ1n) is 9.17. The fourth-order valence-corrected chi connectivity index (χ4v) is 3.69. The van der Waals surface area contributed by atoms with Crippen LogP contribution in [-0.4, -0.2) is 127 Å². The first-order valence-corrected chi connectivity index (χ1v) is 9.17. The van der Waals surface area contributed by atoms with Crippen LogP contribution in [0.15, 0.2) is 4.99 Å². The van der Waals surface area contributed by atoms with Crippen LogP contribution in [0.1, 0.15) is 6.92 Å². The number of piperazine rings is 1. The second-order valence-electron chi connectivity index (χ2n) is 6.92. The van der Waals surface area contributed by atoms with Crippen LogP contribution in [0.4, 0.5) is 4.79 Å². The summed E-state index contributed by atoms with van der Waals surface area (Å²) in [5.41, 5.74) is 0. The maximum Gasteiger partial charge on any atom is 0.333 e. The van der Waals surface area contributed by atoms with E-state index >= 15 is 0 Å². The lowest BCUT2D eigenvalue weighted by atomic mass is 10.1. The largest absolute Gasteiger partial charge is 0.381 e. The summed E-state index contributed by atoms with van der Waals surface area (Å²) >= 11 is 0. The quantitative estimate of drug-likeness (QED) is 0.564. The number of amidine groups is 2. The van der Waals surface area contributed by atoms with Crippen molar-refractivity contribution < 1.29 is 18.9 Å². The highest BCUT2D eigenvalue weighted by atomic mass is 16.5. The van der Waals surface area contributed by atoms with Crippen LogP contribution in [-0.2, 0) is 9.53 Å². The van der Waals surface area contributed by atoms with Gasteiger partial charge in [0.05, 0.1) is 6.61 Å². The normalized spacial score (nSPS) is 25.2. The van der Waals surface area contributed by atoms with E-state index in [2.05, 4.69) is 16.7 Å². The number of amides is 3. The van der Waals surface area contributed by atoms with Crippen molar-refractivity contribution in [3.63, 3.8) is 0 Å². The van der Waals surface area contributed by atoms with Crippen LogP contribution in [0.5, 0.6) is 0 Å². The molecule has 9 heteroatoms. The van der Waals surface area contributed by atoms with E-state index in [0.717, 1.165) is 38.6 Å². The molecule has 3 aliphatic rings. The van der Waals surface area contributed by atoms with Crippen LogP contribution in [0, 0.1) is 0 Å². The monoisotopic (exact) mass is 365 g/mol. The lowest BCUT2D eigenvalue weighted by Crippen LogP contribution is -2.61. The van der Waals surface area contributed by atoms with E-state index in [-0.39, 0.29) is 11.9 Å². The van der Waals surface area contributed by atoms with Crippen LogP contribution in [0.2, 0.25) is 0 Å². The van der Waals surface area contributed by atoms with Crippen molar-refractivity contribution >= 4 is 23.6 Å². The van der Waals surface area contributed by atoms with Gasteiger partial charge in [-0.1, -0.05) is 6.92 Å². The molecule has 3 heterocycles. The molecule has 0 spiro atoms. The maximum absolute atomic E-state index is 12.7. The lowest BCUT2D eigenvalue weighted by Gasteiger charge is -2.33. The first-order chi connectivity index (χ1) is 12.5. The zero-order valence-electron chi connectivity index (χ0n) is 16.1. The zero-order chi connectivity index (χ0) is 18.8. The topological polar surface area (TPSA) is 71.7 Å². The van der Waals surface area contributed by atoms with Gasteiger partial charge in [-0.2, -0.15) is 0 Å². The summed E-state index contributed by atoms with van der Waals surface area (Å²) < 4.78 is 7.22. The van der Waals surface area contributed by atoms with Crippen molar-refractivity contribution in [2.45, 2.75) is 13.0 Å². The Hall–Kier alpha value is -1.84. The van der Waals surface area contributed by atoms with Gasteiger partial charge in [0.15, 0.2) is 0 Å². The summed E-state index contributed by atoms with van der Waals surface area (Å²) in [6.07, 6.45) is 0. The van der Waals surface area contributed by atoms with E-state index in [1.54, 1.807) is 14.2 Å². The highest BCUT2D eigenvalue weighted by Crippen LogP contribution is 2.19. The van der Waals surface area contributed by atoms with Gasteiger partial charge >= 0.3 is 11.9 Å². The molecule has 0 aromatic heterocycles. The number of carbonyl (C=O) groups is 2. The lowest BCUT2D eigenvalue weighted by molar-refractivity contribution is -0.538. The molecule has 0 aromatic carbocycles. The zero-order valence-corrected chi connectivity index (χ0v) is 16.1. The van der Waals surface area contributed by atoms with Crippen LogP contribution >= 0.6 is 0 Å². The smallest absolute Gasteiger partial charge is 0.333 e. The molecular formula is C17H29N6O3+. The Morgan fingerprint density at radius 2 is 1.77 bits per heavy atom. The molecule has 144 valence electrons. The van der Waals surface area contributed by atoms with E-state index in [1.807, 2.05) is 4.58 Å². The third-order valence-electron chi connectivity index (χ3n) is 5.43. The molecule has 9 nitrogen and oxygen atoms in total. The Balaban J connectivity index is 1.83. The van der Waals surface area contributed by atoms with Crippen molar-refractivity contribution in [2.24, 2.45) is 4.99 Å². The summed E-state index contributed by atoms with van der Waals surface area (Å²) in [7, 11) is 4.84. The van der Waals surface area contributed by atoms with E-state index in [1.165, 1.54) is 16.8 Å². The number of methoxy groups -OCH3 is 1. The van der Waals surface area contributed by atoms with E-state index in [0.29, 0.717) is 25.5 Å². The fourth-order valence-electron chi connectivity index (χ4n) is 3.69. The Morgan fingerprint density at radius 3 is 2.38 bits per heavy atom. The predicted octanol–water partition coefficient (Wildman–Crippen LogP) is -1.01. The highest BCUT2D eigenvalue weighted by molar-refractivity contribution is 6.23. The van der Waals surface area contributed by atoms with Crippen molar-refractivity contribution in [1.82, 2.24) is 19.6 Å².